The van der Waals surface area contributed by atoms with E-state index in [0.717, 1.165) is 24.4 Å². The van der Waals surface area contributed by atoms with E-state index >= 15 is 0 Å². The Morgan fingerprint density at radius 2 is 1.12 bits per heavy atom. The van der Waals surface area contributed by atoms with Crippen molar-refractivity contribution in [2.45, 2.75) is 72.2 Å². The highest BCUT2D eigenvalue weighted by Crippen LogP contribution is 2.41. The number of anilines is 1. The highest BCUT2D eigenvalue weighted by molar-refractivity contribution is 5.78. The SMILES string of the molecule is CC.CC(C)(C)c1cc(C(F)(F)F)c(-c2ccccc2N)cn1.CC(C)c1cc(C(F)(F)F)c(-c2ccccc2F)cn1. The molecule has 43 heavy (non-hydrogen) atoms. The second kappa shape index (κ2) is 14.0. The number of nitrogens with zero attached hydrogens (tertiary/aromatic N) is 2. The summed E-state index contributed by atoms with van der Waals surface area (Å²) >= 11 is 0. The standard InChI is InChI=1S/C16H17F3N2.C15H13F4N.C2H6/c1-15(2,3)14-8-12(16(17,18)19)11(9-21-14)10-6-4-5-7-13(10)20;1-9(2)14-7-12(15(17,18)19)11(8-20-14)10-5-3-4-6-13(10)16;1-2/h4-9H,20H2,1-3H3;3-9H,1-2H3;1-2H3. The molecule has 0 saturated heterocycles. The zero-order valence-electron chi connectivity index (χ0n) is 25.1. The minimum atomic E-state index is -4.55. The molecule has 2 heterocycles. The molecule has 0 aliphatic heterocycles. The molecule has 2 aromatic carbocycles. The Morgan fingerprint density at radius 1 is 0.651 bits per heavy atom. The number of alkyl halides is 6. The van der Waals surface area contributed by atoms with Crippen LogP contribution in [0.3, 0.4) is 0 Å². The van der Waals surface area contributed by atoms with Crippen LogP contribution in [-0.4, -0.2) is 9.97 Å². The maximum atomic E-state index is 13.7. The number of halogens is 7. The Morgan fingerprint density at radius 3 is 1.60 bits per heavy atom. The summed E-state index contributed by atoms with van der Waals surface area (Å²) < 4.78 is 93.3. The molecule has 4 rings (SSSR count). The fourth-order valence-electron chi connectivity index (χ4n) is 3.97. The van der Waals surface area contributed by atoms with E-state index in [-0.39, 0.29) is 22.6 Å². The van der Waals surface area contributed by atoms with E-state index in [0.29, 0.717) is 22.6 Å². The topological polar surface area (TPSA) is 51.8 Å². The quantitative estimate of drug-likeness (QED) is 0.186. The fraction of sp³-hybridized carbons (Fsp3) is 0.333. The summed E-state index contributed by atoms with van der Waals surface area (Å²) in [5, 5.41) is 0. The van der Waals surface area contributed by atoms with Gasteiger partial charge < -0.3 is 5.73 Å². The second-order valence-corrected chi connectivity index (χ2v) is 10.7. The fourth-order valence-corrected chi connectivity index (χ4v) is 3.97. The van der Waals surface area contributed by atoms with Crippen LogP contribution in [0, 0.1) is 5.82 Å². The minimum absolute atomic E-state index is 0.00796. The number of hydrogen-bond donors (Lipinski definition) is 1. The molecule has 0 aliphatic carbocycles. The van der Waals surface area contributed by atoms with Gasteiger partial charge in [-0.2, -0.15) is 26.3 Å². The van der Waals surface area contributed by atoms with Crippen LogP contribution in [0.1, 0.15) is 76.9 Å². The molecular weight excluding hydrogens is 571 g/mol. The first-order chi connectivity index (χ1) is 19.9. The van der Waals surface area contributed by atoms with Gasteiger partial charge in [0.1, 0.15) is 5.82 Å². The average molecular weight is 608 g/mol. The van der Waals surface area contributed by atoms with Crippen LogP contribution in [0.4, 0.5) is 36.4 Å². The van der Waals surface area contributed by atoms with Crippen molar-refractivity contribution >= 4 is 5.69 Å². The maximum Gasteiger partial charge on any atom is 0.417 e. The van der Waals surface area contributed by atoms with E-state index in [2.05, 4.69) is 9.97 Å². The summed E-state index contributed by atoms with van der Waals surface area (Å²) in [4.78, 5) is 8.19. The lowest BCUT2D eigenvalue weighted by Gasteiger charge is -2.21. The van der Waals surface area contributed by atoms with Gasteiger partial charge >= 0.3 is 12.4 Å². The van der Waals surface area contributed by atoms with Crippen molar-refractivity contribution in [2.75, 3.05) is 5.73 Å². The third-order valence-corrected chi connectivity index (χ3v) is 6.21. The molecule has 0 unspecified atom stereocenters. The van der Waals surface area contributed by atoms with E-state index in [1.54, 1.807) is 38.1 Å². The van der Waals surface area contributed by atoms with Gasteiger partial charge in [-0.15, -0.1) is 0 Å². The number of benzene rings is 2. The van der Waals surface area contributed by atoms with Crippen molar-refractivity contribution in [1.29, 1.82) is 0 Å². The van der Waals surface area contributed by atoms with Gasteiger partial charge in [-0.3, -0.25) is 9.97 Å². The predicted molar refractivity (Wildman–Crippen MR) is 158 cm³/mol. The summed E-state index contributed by atoms with van der Waals surface area (Å²) in [6, 6.07) is 14.0. The summed E-state index contributed by atoms with van der Waals surface area (Å²) in [6.45, 7) is 13.0. The largest absolute Gasteiger partial charge is 0.417 e. The highest BCUT2D eigenvalue weighted by atomic mass is 19.4. The third kappa shape index (κ3) is 9.02. The van der Waals surface area contributed by atoms with Gasteiger partial charge in [-0.05, 0) is 30.2 Å². The van der Waals surface area contributed by atoms with Crippen molar-refractivity contribution in [3.05, 3.63) is 101 Å². The van der Waals surface area contributed by atoms with Crippen LogP contribution in [0.5, 0.6) is 0 Å². The van der Waals surface area contributed by atoms with E-state index in [4.69, 9.17) is 5.73 Å². The van der Waals surface area contributed by atoms with Crippen molar-refractivity contribution < 1.29 is 30.7 Å². The van der Waals surface area contributed by atoms with Crippen molar-refractivity contribution in [1.82, 2.24) is 9.97 Å². The molecule has 0 aliphatic rings. The van der Waals surface area contributed by atoms with Crippen LogP contribution < -0.4 is 5.73 Å². The van der Waals surface area contributed by atoms with Gasteiger partial charge in [0.2, 0.25) is 0 Å². The number of aromatic nitrogens is 2. The number of nitrogens with two attached hydrogens (primary N) is 1. The lowest BCUT2D eigenvalue weighted by molar-refractivity contribution is -0.138. The summed E-state index contributed by atoms with van der Waals surface area (Å²) in [5.74, 6) is -0.831. The van der Waals surface area contributed by atoms with E-state index < -0.39 is 34.7 Å². The molecule has 0 fully saturated rings. The van der Waals surface area contributed by atoms with Gasteiger partial charge in [0, 0.05) is 57.1 Å². The smallest absolute Gasteiger partial charge is 0.398 e. The predicted octanol–water partition coefficient (Wildman–Crippen LogP) is 10.7. The van der Waals surface area contributed by atoms with Gasteiger partial charge in [-0.1, -0.05) is 84.9 Å². The number of hydrogen-bond acceptors (Lipinski definition) is 3. The van der Waals surface area contributed by atoms with Crippen molar-refractivity contribution in [3.63, 3.8) is 0 Å². The Balaban J connectivity index is 0.000000284. The zero-order valence-corrected chi connectivity index (χ0v) is 25.1. The Hall–Kier alpha value is -3.95. The zero-order chi connectivity index (χ0) is 32.8. The monoisotopic (exact) mass is 607 g/mol. The Kier molecular flexibility index (Phi) is 11.5. The molecule has 0 bridgehead atoms. The normalized spacial score (nSPS) is 11.8. The molecule has 0 amide bonds. The molecule has 2 N–H and O–H groups in total. The molecule has 0 saturated carbocycles. The van der Waals surface area contributed by atoms with Crippen LogP contribution in [0.2, 0.25) is 0 Å². The van der Waals surface area contributed by atoms with Gasteiger partial charge in [0.05, 0.1) is 11.1 Å². The second-order valence-electron chi connectivity index (χ2n) is 10.7. The van der Waals surface area contributed by atoms with E-state index in [9.17, 15) is 30.7 Å². The maximum absolute atomic E-state index is 13.7. The number of para-hydroxylation sites is 1. The first kappa shape index (κ1) is 35.2. The van der Waals surface area contributed by atoms with Crippen molar-refractivity contribution in [2.24, 2.45) is 0 Å². The highest BCUT2D eigenvalue weighted by Gasteiger charge is 2.36. The number of pyridine rings is 2. The molecule has 232 valence electrons. The third-order valence-electron chi connectivity index (χ3n) is 6.21. The minimum Gasteiger partial charge on any atom is -0.398 e. The van der Waals surface area contributed by atoms with Crippen LogP contribution in [0.15, 0.2) is 73.1 Å². The van der Waals surface area contributed by atoms with E-state index in [1.807, 2.05) is 34.6 Å². The molecule has 0 atom stereocenters. The number of nitrogen functional groups attached to an aromatic ring is 1. The van der Waals surface area contributed by atoms with Gasteiger partial charge in [0.25, 0.3) is 0 Å². The molecule has 4 aromatic rings. The van der Waals surface area contributed by atoms with Crippen LogP contribution >= 0.6 is 0 Å². The molecule has 3 nitrogen and oxygen atoms in total. The van der Waals surface area contributed by atoms with Crippen LogP contribution in [0.25, 0.3) is 22.3 Å². The van der Waals surface area contributed by atoms with Crippen molar-refractivity contribution in [3.8, 4) is 22.3 Å². The molecule has 0 spiro atoms. The molecule has 0 radical (unpaired) electrons. The lowest BCUT2D eigenvalue weighted by atomic mass is 9.89. The molecule has 2 aromatic heterocycles. The first-order valence-corrected chi connectivity index (χ1v) is 13.7. The first-order valence-electron chi connectivity index (χ1n) is 13.7. The summed E-state index contributed by atoms with van der Waals surface area (Å²) in [6.07, 6.45) is -6.66. The molecular formula is C33H36F7N3. The summed E-state index contributed by atoms with van der Waals surface area (Å²) in [5.41, 5.74) is 4.82. The lowest BCUT2D eigenvalue weighted by Crippen LogP contribution is -2.17. The van der Waals surface area contributed by atoms with Gasteiger partial charge in [0.15, 0.2) is 0 Å². The molecule has 10 heteroatoms. The van der Waals surface area contributed by atoms with Crippen LogP contribution in [-0.2, 0) is 17.8 Å². The van der Waals surface area contributed by atoms with E-state index in [1.165, 1.54) is 24.4 Å². The summed E-state index contributed by atoms with van der Waals surface area (Å²) in [7, 11) is 0. The Labute approximate surface area is 248 Å². The number of rotatable bonds is 3. The van der Waals surface area contributed by atoms with Gasteiger partial charge in [-0.25, -0.2) is 4.39 Å². The average Bonchev–Trinajstić information content (AvgIpc) is 2.93. The Bertz CT molecular complexity index is 1500.